The Hall–Kier alpha value is -0.870. The van der Waals surface area contributed by atoms with E-state index in [2.05, 4.69) is 6.92 Å². The van der Waals surface area contributed by atoms with Crippen LogP contribution < -0.4 is 0 Å². The van der Waals surface area contributed by atoms with Gasteiger partial charge in [0.1, 0.15) is 0 Å². The van der Waals surface area contributed by atoms with Gasteiger partial charge in [-0.3, -0.25) is 4.18 Å². The molecule has 0 aromatic heterocycles. The molecule has 3 nitrogen and oxygen atoms in total. The maximum Gasteiger partial charge on any atom is 0.296 e. The molecule has 0 amide bonds. The van der Waals surface area contributed by atoms with Crippen molar-refractivity contribution in [2.75, 3.05) is 6.61 Å². The minimum atomic E-state index is -3.56. The molecule has 0 bridgehead atoms. The highest BCUT2D eigenvalue weighted by Crippen LogP contribution is 2.41. The van der Waals surface area contributed by atoms with E-state index in [9.17, 15) is 8.42 Å². The zero-order chi connectivity index (χ0) is 12.5. The zero-order valence-electron chi connectivity index (χ0n) is 10.2. The van der Waals surface area contributed by atoms with Crippen molar-refractivity contribution >= 4 is 10.1 Å². The van der Waals surface area contributed by atoms with Crippen molar-refractivity contribution in [3.63, 3.8) is 0 Å². The molecule has 0 saturated heterocycles. The van der Waals surface area contributed by atoms with Crippen molar-refractivity contribution in [3.8, 4) is 0 Å². The summed E-state index contributed by atoms with van der Waals surface area (Å²) >= 11 is 0. The van der Waals surface area contributed by atoms with E-state index < -0.39 is 10.1 Å². The van der Waals surface area contributed by atoms with E-state index in [1.807, 2.05) is 6.92 Å². The Balaban J connectivity index is 1.97. The predicted octanol–water partition coefficient (Wildman–Crippen LogP) is 2.75. The largest absolute Gasteiger partial charge is 0.296 e. The summed E-state index contributed by atoms with van der Waals surface area (Å²) < 4.78 is 28.8. The first-order chi connectivity index (χ1) is 8.03. The second-order valence-electron chi connectivity index (χ2n) is 4.72. The fourth-order valence-electron chi connectivity index (χ4n) is 1.96. The summed E-state index contributed by atoms with van der Waals surface area (Å²) in [5.41, 5.74) is 1.04. The quantitative estimate of drug-likeness (QED) is 0.759. The van der Waals surface area contributed by atoms with Crippen LogP contribution in [0.5, 0.6) is 0 Å². The van der Waals surface area contributed by atoms with Gasteiger partial charge in [-0.15, -0.1) is 0 Å². The monoisotopic (exact) mass is 254 g/mol. The number of benzene rings is 1. The molecular formula is C13H18O3S. The minimum Gasteiger partial charge on any atom is -0.266 e. The normalized spacial score (nSPS) is 23.6. The predicted molar refractivity (Wildman–Crippen MR) is 66.2 cm³/mol. The van der Waals surface area contributed by atoms with Gasteiger partial charge in [0, 0.05) is 0 Å². The summed E-state index contributed by atoms with van der Waals surface area (Å²) in [6.45, 7) is 4.38. The molecule has 0 radical (unpaired) electrons. The number of aryl methyl sites for hydroxylation is 1. The molecule has 0 N–H and O–H groups in total. The van der Waals surface area contributed by atoms with Crippen molar-refractivity contribution in [1.29, 1.82) is 0 Å². The van der Waals surface area contributed by atoms with Gasteiger partial charge in [0.25, 0.3) is 10.1 Å². The molecule has 0 aliphatic heterocycles. The molecule has 1 aromatic carbocycles. The second kappa shape index (κ2) is 4.78. The molecule has 1 aromatic rings. The summed E-state index contributed by atoms with van der Waals surface area (Å²) in [7, 11) is -3.56. The third-order valence-corrected chi connectivity index (χ3v) is 4.64. The fraction of sp³-hybridized carbons (Fsp3) is 0.538. The van der Waals surface area contributed by atoms with Crippen molar-refractivity contribution in [2.24, 2.45) is 11.8 Å². The first-order valence-electron chi connectivity index (χ1n) is 5.99. The lowest BCUT2D eigenvalue weighted by Crippen LogP contribution is -2.09. The van der Waals surface area contributed by atoms with Gasteiger partial charge >= 0.3 is 0 Å². The molecule has 1 fully saturated rings. The van der Waals surface area contributed by atoms with Crippen LogP contribution in [0.2, 0.25) is 0 Å². The minimum absolute atomic E-state index is 0.247. The lowest BCUT2D eigenvalue weighted by Gasteiger charge is -2.05. The fourth-order valence-corrected chi connectivity index (χ4v) is 2.92. The Bertz CT molecular complexity index is 476. The van der Waals surface area contributed by atoms with Crippen molar-refractivity contribution in [1.82, 2.24) is 0 Å². The van der Waals surface area contributed by atoms with Gasteiger partial charge in [-0.25, -0.2) is 0 Å². The van der Waals surface area contributed by atoms with Crippen LogP contribution in [0.3, 0.4) is 0 Å². The van der Waals surface area contributed by atoms with Crippen LogP contribution in [-0.4, -0.2) is 15.0 Å². The van der Waals surface area contributed by atoms with Gasteiger partial charge in [0.15, 0.2) is 0 Å². The summed E-state index contributed by atoms with van der Waals surface area (Å²) in [4.78, 5) is 0.247. The van der Waals surface area contributed by atoms with E-state index in [0.29, 0.717) is 18.4 Å². The third kappa shape index (κ3) is 3.07. The number of hydrogen-bond acceptors (Lipinski definition) is 3. The molecule has 94 valence electrons. The number of hydrogen-bond donors (Lipinski definition) is 0. The molecular weight excluding hydrogens is 236 g/mol. The Kier molecular flexibility index (Phi) is 3.54. The van der Waals surface area contributed by atoms with E-state index in [-0.39, 0.29) is 4.90 Å². The molecule has 0 heterocycles. The van der Waals surface area contributed by atoms with E-state index in [0.717, 1.165) is 18.4 Å². The van der Waals surface area contributed by atoms with Crippen LogP contribution in [0, 0.1) is 18.8 Å². The van der Waals surface area contributed by atoms with Crippen LogP contribution in [0.4, 0.5) is 0 Å². The number of rotatable bonds is 5. The Morgan fingerprint density at radius 2 is 1.88 bits per heavy atom. The van der Waals surface area contributed by atoms with Crippen molar-refractivity contribution < 1.29 is 12.6 Å². The van der Waals surface area contributed by atoms with Gasteiger partial charge in [0.05, 0.1) is 11.5 Å². The van der Waals surface area contributed by atoms with Gasteiger partial charge in [-0.2, -0.15) is 8.42 Å². The molecule has 1 aliphatic rings. The zero-order valence-corrected chi connectivity index (χ0v) is 11.0. The van der Waals surface area contributed by atoms with Gasteiger partial charge in [-0.1, -0.05) is 31.0 Å². The average Bonchev–Trinajstić information content (AvgIpc) is 3.06. The van der Waals surface area contributed by atoms with Crippen LogP contribution in [0.15, 0.2) is 29.2 Å². The van der Waals surface area contributed by atoms with Gasteiger partial charge in [-0.05, 0) is 37.3 Å². The Morgan fingerprint density at radius 1 is 1.24 bits per heavy atom. The topological polar surface area (TPSA) is 43.4 Å². The molecule has 0 unspecified atom stereocenters. The highest BCUT2D eigenvalue weighted by Gasteiger charge is 2.36. The third-order valence-electron chi connectivity index (χ3n) is 3.34. The van der Waals surface area contributed by atoms with Crippen LogP contribution in [0.25, 0.3) is 0 Å². The SMILES string of the molecule is CC[C@@H]1C[C@H]1COS(=O)(=O)c1ccc(C)cc1. The first kappa shape index (κ1) is 12.6. The maximum absolute atomic E-state index is 11.8. The molecule has 2 atom stereocenters. The van der Waals surface area contributed by atoms with Crippen molar-refractivity contribution in [3.05, 3.63) is 29.8 Å². The van der Waals surface area contributed by atoms with Crippen LogP contribution >= 0.6 is 0 Å². The second-order valence-corrected chi connectivity index (χ2v) is 6.33. The summed E-state index contributed by atoms with van der Waals surface area (Å²) in [6, 6.07) is 6.74. The molecule has 1 aliphatic carbocycles. The molecule has 2 rings (SSSR count). The molecule has 0 spiro atoms. The molecule has 4 heteroatoms. The Labute approximate surface area is 103 Å². The van der Waals surface area contributed by atoms with Crippen LogP contribution in [0.1, 0.15) is 25.3 Å². The highest BCUT2D eigenvalue weighted by molar-refractivity contribution is 7.86. The van der Waals surface area contributed by atoms with E-state index in [1.54, 1.807) is 24.3 Å². The van der Waals surface area contributed by atoms with Gasteiger partial charge in [0.2, 0.25) is 0 Å². The standard InChI is InChI=1S/C13H18O3S/c1-3-11-8-12(11)9-16-17(14,15)13-6-4-10(2)5-7-13/h4-7,11-12H,3,8-9H2,1-2H3/t11-,12+/m1/s1. The Morgan fingerprint density at radius 3 is 2.41 bits per heavy atom. The maximum atomic E-state index is 11.8. The van der Waals surface area contributed by atoms with E-state index >= 15 is 0 Å². The lowest BCUT2D eigenvalue weighted by molar-refractivity contribution is 0.294. The van der Waals surface area contributed by atoms with Gasteiger partial charge < -0.3 is 0 Å². The average molecular weight is 254 g/mol. The van der Waals surface area contributed by atoms with E-state index in [4.69, 9.17) is 4.18 Å². The lowest BCUT2D eigenvalue weighted by atomic mass is 10.2. The summed E-state index contributed by atoms with van der Waals surface area (Å²) in [6.07, 6.45) is 2.21. The summed E-state index contributed by atoms with van der Waals surface area (Å²) in [5, 5.41) is 0. The van der Waals surface area contributed by atoms with Crippen LogP contribution in [-0.2, 0) is 14.3 Å². The van der Waals surface area contributed by atoms with E-state index in [1.165, 1.54) is 0 Å². The first-order valence-corrected chi connectivity index (χ1v) is 7.40. The highest BCUT2D eigenvalue weighted by atomic mass is 32.2. The summed E-state index contributed by atoms with van der Waals surface area (Å²) in [5.74, 6) is 1.09. The van der Waals surface area contributed by atoms with Crippen molar-refractivity contribution in [2.45, 2.75) is 31.6 Å². The molecule has 1 saturated carbocycles. The molecule has 17 heavy (non-hydrogen) atoms. The smallest absolute Gasteiger partial charge is 0.266 e.